The normalized spacial score (nSPS) is 15.1. The largest absolute Gasteiger partial charge is 0.394 e. The Bertz CT molecular complexity index is 299. The molecule has 0 radical (unpaired) electrons. The number of rotatable bonds is 4. The van der Waals surface area contributed by atoms with Gasteiger partial charge in [0, 0.05) is 10.6 Å². The number of hydrogen-bond acceptors (Lipinski definition) is 2. The Balaban J connectivity index is 2.58. The fraction of sp³-hybridized carbons (Fsp3) is 0.455. The van der Waals surface area contributed by atoms with Gasteiger partial charge in [-0.05, 0) is 31.4 Å². The van der Waals surface area contributed by atoms with Gasteiger partial charge in [-0.2, -0.15) is 0 Å². The van der Waals surface area contributed by atoms with Crippen molar-refractivity contribution < 1.29 is 5.11 Å². The lowest BCUT2D eigenvalue weighted by Gasteiger charge is -2.21. The van der Waals surface area contributed by atoms with Crippen molar-refractivity contribution in [3.63, 3.8) is 0 Å². The van der Waals surface area contributed by atoms with Crippen LogP contribution in [0.5, 0.6) is 0 Å². The van der Waals surface area contributed by atoms with E-state index in [-0.39, 0.29) is 6.61 Å². The summed E-state index contributed by atoms with van der Waals surface area (Å²) in [5.74, 6) is 0. The molecule has 0 aromatic heterocycles. The van der Waals surface area contributed by atoms with Crippen LogP contribution in [0.15, 0.2) is 24.3 Å². The minimum atomic E-state index is -0.515. The van der Waals surface area contributed by atoms with Crippen LogP contribution in [0, 0.1) is 0 Å². The molecular weight excluding hydrogens is 198 g/mol. The van der Waals surface area contributed by atoms with Crippen LogP contribution in [0.25, 0.3) is 0 Å². The van der Waals surface area contributed by atoms with Gasteiger partial charge in [-0.15, -0.1) is 0 Å². The van der Waals surface area contributed by atoms with E-state index < -0.39 is 5.54 Å². The number of aliphatic hydroxyl groups is 1. The maximum absolute atomic E-state index is 8.98. The molecule has 0 heterocycles. The topological polar surface area (TPSA) is 46.2 Å². The molecule has 0 bridgehead atoms. The Morgan fingerprint density at radius 2 is 2.07 bits per heavy atom. The Kier molecular flexibility index (Phi) is 3.93. The van der Waals surface area contributed by atoms with Gasteiger partial charge >= 0.3 is 0 Å². The molecule has 0 aliphatic carbocycles. The van der Waals surface area contributed by atoms with Crippen molar-refractivity contribution in [1.82, 2.24) is 0 Å². The molecule has 78 valence electrons. The quantitative estimate of drug-likeness (QED) is 0.804. The van der Waals surface area contributed by atoms with Gasteiger partial charge in [-0.3, -0.25) is 0 Å². The van der Waals surface area contributed by atoms with Crippen molar-refractivity contribution >= 4 is 11.6 Å². The molecule has 0 amide bonds. The number of aliphatic hydroxyl groups excluding tert-OH is 1. The van der Waals surface area contributed by atoms with Crippen LogP contribution in [-0.2, 0) is 6.42 Å². The summed E-state index contributed by atoms with van der Waals surface area (Å²) in [5.41, 5.74) is 6.39. The Hall–Kier alpha value is -0.570. The highest BCUT2D eigenvalue weighted by atomic mass is 35.5. The summed E-state index contributed by atoms with van der Waals surface area (Å²) in [4.78, 5) is 0. The van der Waals surface area contributed by atoms with E-state index >= 15 is 0 Å². The zero-order valence-electron chi connectivity index (χ0n) is 8.33. The molecule has 0 saturated carbocycles. The van der Waals surface area contributed by atoms with E-state index in [9.17, 15) is 0 Å². The second-order valence-corrected chi connectivity index (χ2v) is 4.31. The van der Waals surface area contributed by atoms with E-state index in [1.165, 1.54) is 0 Å². The molecule has 1 aromatic rings. The zero-order valence-corrected chi connectivity index (χ0v) is 9.09. The lowest BCUT2D eigenvalue weighted by Crippen LogP contribution is -2.40. The molecular formula is C11H16ClNO. The van der Waals surface area contributed by atoms with Crippen LogP contribution < -0.4 is 5.73 Å². The Labute approximate surface area is 89.7 Å². The van der Waals surface area contributed by atoms with Crippen molar-refractivity contribution in [3.05, 3.63) is 34.9 Å². The predicted molar refractivity (Wildman–Crippen MR) is 59.5 cm³/mol. The lowest BCUT2D eigenvalue weighted by atomic mass is 9.95. The summed E-state index contributed by atoms with van der Waals surface area (Å²) in [7, 11) is 0. The van der Waals surface area contributed by atoms with Gasteiger partial charge in [0.1, 0.15) is 0 Å². The molecule has 0 saturated heterocycles. The average molecular weight is 214 g/mol. The molecule has 3 heteroatoms. The van der Waals surface area contributed by atoms with E-state index in [0.717, 1.165) is 23.4 Å². The standard InChI is InChI=1S/C11H16ClNO/c1-11(13,8-14)7-6-9-4-2-3-5-10(9)12/h2-5,14H,6-8,13H2,1H3. The van der Waals surface area contributed by atoms with Crippen molar-refractivity contribution in [3.8, 4) is 0 Å². The SMILES string of the molecule is CC(N)(CO)CCc1ccccc1Cl. The fourth-order valence-corrected chi connectivity index (χ4v) is 1.43. The summed E-state index contributed by atoms with van der Waals surface area (Å²) in [5, 5.41) is 9.75. The molecule has 1 rings (SSSR count). The first kappa shape index (κ1) is 11.5. The molecule has 1 unspecified atom stereocenters. The molecule has 3 N–H and O–H groups in total. The number of benzene rings is 1. The summed E-state index contributed by atoms with van der Waals surface area (Å²) < 4.78 is 0. The van der Waals surface area contributed by atoms with E-state index in [4.69, 9.17) is 22.4 Å². The highest BCUT2D eigenvalue weighted by molar-refractivity contribution is 6.31. The summed E-state index contributed by atoms with van der Waals surface area (Å²) in [6, 6.07) is 7.70. The van der Waals surface area contributed by atoms with Gasteiger partial charge < -0.3 is 10.8 Å². The third kappa shape index (κ3) is 3.29. The summed E-state index contributed by atoms with van der Waals surface area (Å²) >= 11 is 5.99. The lowest BCUT2D eigenvalue weighted by molar-refractivity contribution is 0.200. The third-order valence-corrected chi connectivity index (χ3v) is 2.65. The van der Waals surface area contributed by atoms with Crippen molar-refractivity contribution in [2.75, 3.05) is 6.61 Å². The molecule has 0 aliphatic rings. The van der Waals surface area contributed by atoms with E-state index in [1.807, 2.05) is 31.2 Å². The van der Waals surface area contributed by atoms with Crippen molar-refractivity contribution in [2.45, 2.75) is 25.3 Å². The average Bonchev–Trinajstić information content (AvgIpc) is 2.17. The van der Waals surface area contributed by atoms with Crippen molar-refractivity contribution in [2.24, 2.45) is 5.73 Å². The Morgan fingerprint density at radius 3 is 2.64 bits per heavy atom. The van der Waals surface area contributed by atoms with Crippen LogP contribution in [-0.4, -0.2) is 17.3 Å². The van der Waals surface area contributed by atoms with Crippen LogP contribution >= 0.6 is 11.6 Å². The molecule has 0 spiro atoms. The second-order valence-electron chi connectivity index (χ2n) is 3.90. The number of halogens is 1. The van der Waals surface area contributed by atoms with Gasteiger partial charge in [0.25, 0.3) is 0 Å². The molecule has 14 heavy (non-hydrogen) atoms. The van der Waals surface area contributed by atoms with E-state index in [1.54, 1.807) is 0 Å². The minimum Gasteiger partial charge on any atom is -0.394 e. The summed E-state index contributed by atoms with van der Waals surface area (Å²) in [6.07, 6.45) is 1.53. The maximum atomic E-state index is 8.98. The van der Waals surface area contributed by atoms with Gasteiger partial charge in [-0.1, -0.05) is 29.8 Å². The van der Waals surface area contributed by atoms with Crippen molar-refractivity contribution in [1.29, 1.82) is 0 Å². The Morgan fingerprint density at radius 1 is 1.43 bits per heavy atom. The summed E-state index contributed by atoms with van der Waals surface area (Å²) in [6.45, 7) is 1.83. The first-order chi connectivity index (χ1) is 6.55. The number of aryl methyl sites for hydroxylation is 1. The van der Waals surface area contributed by atoms with Crippen LogP contribution in [0.3, 0.4) is 0 Å². The first-order valence-electron chi connectivity index (χ1n) is 4.68. The molecule has 0 fully saturated rings. The molecule has 1 atom stereocenters. The number of nitrogens with two attached hydrogens (primary N) is 1. The second kappa shape index (κ2) is 4.78. The third-order valence-electron chi connectivity index (χ3n) is 2.28. The highest BCUT2D eigenvalue weighted by Gasteiger charge is 2.16. The van der Waals surface area contributed by atoms with Gasteiger partial charge in [-0.25, -0.2) is 0 Å². The van der Waals surface area contributed by atoms with Crippen LogP contribution in [0.1, 0.15) is 18.9 Å². The zero-order chi connectivity index (χ0) is 10.6. The van der Waals surface area contributed by atoms with E-state index in [2.05, 4.69) is 0 Å². The number of hydrogen-bond donors (Lipinski definition) is 2. The molecule has 1 aromatic carbocycles. The first-order valence-corrected chi connectivity index (χ1v) is 5.06. The van der Waals surface area contributed by atoms with Gasteiger partial charge in [0.15, 0.2) is 0 Å². The maximum Gasteiger partial charge on any atom is 0.0608 e. The van der Waals surface area contributed by atoms with Crippen LogP contribution in [0.4, 0.5) is 0 Å². The van der Waals surface area contributed by atoms with Gasteiger partial charge in [0.2, 0.25) is 0 Å². The predicted octanol–water partition coefficient (Wildman–Crippen LogP) is 1.98. The van der Waals surface area contributed by atoms with E-state index in [0.29, 0.717) is 0 Å². The fourth-order valence-electron chi connectivity index (χ4n) is 1.20. The highest BCUT2D eigenvalue weighted by Crippen LogP contribution is 2.19. The minimum absolute atomic E-state index is 0.00253. The molecule has 0 aliphatic heterocycles. The smallest absolute Gasteiger partial charge is 0.0608 e. The molecule has 2 nitrogen and oxygen atoms in total. The monoisotopic (exact) mass is 213 g/mol. The van der Waals surface area contributed by atoms with Crippen LogP contribution in [0.2, 0.25) is 5.02 Å². The van der Waals surface area contributed by atoms with Gasteiger partial charge in [0.05, 0.1) is 6.61 Å².